The number of hydrogen-bond donors (Lipinski definition) is 1. The number of aromatic nitrogens is 3. The molecule has 78 valence electrons. The summed E-state index contributed by atoms with van der Waals surface area (Å²) in [7, 11) is 0. The molecule has 0 spiro atoms. The van der Waals surface area contributed by atoms with Gasteiger partial charge in [-0.15, -0.1) is 0 Å². The smallest absolute Gasteiger partial charge is 0.227 e. The van der Waals surface area contributed by atoms with E-state index >= 15 is 0 Å². The molecule has 0 aliphatic heterocycles. The third kappa shape index (κ3) is 3.87. The minimum absolute atomic E-state index is 0.183. The van der Waals surface area contributed by atoms with Crippen molar-refractivity contribution in [2.45, 2.75) is 39.0 Å². The second kappa shape index (κ2) is 5.75. The standard InChI is InChI=1S/C9H15ClN4/c1-2-3-4-5-6-7-12-8(10)14-9(11)13-7/h2-6H2,1H3,(H2,11,12,13,14). The molecule has 1 heterocycles. The van der Waals surface area contributed by atoms with Gasteiger partial charge in [-0.05, 0) is 18.0 Å². The van der Waals surface area contributed by atoms with Crippen LogP contribution >= 0.6 is 11.6 Å². The summed E-state index contributed by atoms with van der Waals surface area (Å²) in [5.41, 5.74) is 5.44. The average Bonchev–Trinajstić information content (AvgIpc) is 2.11. The van der Waals surface area contributed by atoms with Crippen LogP contribution in [0.15, 0.2) is 0 Å². The zero-order chi connectivity index (χ0) is 10.4. The Bertz CT molecular complexity index is 270. The van der Waals surface area contributed by atoms with E-state index in [2.05, 4.69) is 21.9 Å². The second-order valence-electron chi connectivity index (χ2n) is 3.19. The Morgan fingerprint density at radius 3 is 2.57 bits per heavy atom. The van der Waals surface area contributed by atoms with Crippen molar-refractivity contribution < 1.29 is 0 Å². The molecule has 0 radical (unpaired) electrons. The van der Waals surface area contributed by atoms with E-state index in [1.165, 1.54) is 19.3 Å². The first-order valence-electron chi connectivity index (χ1n) is 4.88. The Morgan fingerprint density at radius 2 is 1.93 bits per heavy atom. The monoisotopic (exact) mass is 214 g/mol. The summed E-state index contributed by atoms with van der Waals surface area (Å²) in [6.45, 7) is 2.18. The van der Waals surface area contributed by atoms with Crippen molar-refractivity contribution in [2.24, 2.45) is 0 Å². The molecule has 4 nitrogen and oxygen atoms in total. The summed E-state index contributed by atoms with van der Waals surface area (Å²) in [5, 5.41) is 0.183. The molecule has 1 aromatic rings. The lowest BCUT2D eigenvalue weighted by molar-refractivity contribution is 0.651. The maximum absolute atomic E-state index is 5.65. The number of nitrogens with two attached hydrogens (primary N) is 1. The highest BCUT2D eigenvalue weighted by Gasteiger charge is 2.01. The molecule has 0 aliphatic carbocycles. The van der Waals surface area contributed by atoms with Crippen molar-refractivity contribution in [3.63, 3.8) is 0 Å². The van der Waals surface area contributed by atoms with E-state index < -0.39 is 0 Å². The predicted octanol–water partition coefficient (Wildman–Crippen LogP) is 2.23. The molecule has 0 bridgehead atoms. The molecule has 0 unspecified atom stereocenters. The van der Waals surface area contributed by atoms with Gasteiger partial charge in [0.05, 0.1) is 0 Å². The van der Waals surface area contributed by atoms with Gasteiger partial charge in [-0.2, -0.15) is 9.97 Å². The number of hydrogen-bond acceptors (Lipinski definition) is 4. The third-order valence-corrected chi connectivity index (χ3v) is 2.09. The van der Waals surface area contributed by atoms with Gasteiger partial charge < -0.3 is 5.73 Å². The molecule has 0 aromatic carbocycles. The van der Waals surface area contributed by atoms with Crippen molar-refractivity contribution in [3.8, 4) is 0 Å². The van der Waals surface area contributed by atoms with E-state index in [9.17, 15) is 0 Å². The van der Waals surface area contributed by atoms with Crippen LogP contribution in [0.4, 0.5) is 5.95 Å². The van der Waals surface area contributed by atoms with Crippen molar-refractivity contribution in [3.05, 3.63) is 11.1 Å². The molecule has 0 saturated heterocycles. The molecule has 0 atom stereocenters. The zero-order valence-electron chi connectivity index (χ0n) is 8.33. The highest BCUT2D eigenvalue weighted by atomic mass is 35.5. The quantitative estimate of drug-likeness (QED) is 0.764. The molecule has 0 fully saturated rings. The first kappa shape index (κ1) is 11.2. The summed E-state index contributed by atoms with van der Waals surface area (Å²) >= 11 is 5.65. The van der Waals surface area contributed by atoms with E-state index in [1.807, 2.05) is 0 Å². The first-order valence-corrected chi connectivity index (χ1v) is 5.26. The van der Waals surface area contributed by atoms with E-state index in [1.54, 1.807) is 0 Å². The molecule has 0 saturated carbocycles. The number of nitrogen functional groups attached to an aromatic ring is 1. The van der Waals surface area contributed by atoms with Gasteiger partial charge in [0.25, 0.3) is 0 Å². The van der Waals surface area contributed by atoms with Crippen LogP contribution in [0.2, 0.25) is 5.28 Å². The lowest BCUT2D eigenvalue weighted by Gasteiger charge is -2.00. The summed E-state index contributed by atoms with van der Waals surface area (Å²) in [4.78, 5) is 11.7. The van der Waals surface area contributed by atoms with E-state index in [4.69, 9.17) is 17.3 Å². The van der Waals surface area contributed by atoms with Crippen LogP contribution in [0.3, 0.4) is 0 Å². The van der Waals surface area contributed by atoms with Gasteiger partial charge >= 0.3 is 0 Å². The predicted molar refractivity (Wildman–Crippen MR) is 57.1 cm³/mol. The third-order valence-electron chi connectivity index (χ3n) is 1.93. The summed E-state index contributed by atoms with van der Waals surface area (Å²) in [6.07, 6.45) is 5.56. The Morgan fingerprint density at radius 1 is 1.14 bits per heavy atom. The van der Waals surface area contributed by atoms with Crippen molar-refractivity contribution in [1.29, 1.82) is 0 Å². The fraction of sp³-hybridized carbons (Fsp3) is 0.667. The van der Waals surface area contributed by atoms with Crippen molar-refractivity contribution in [1.82, 2.24) is 15.0 Å². The molecule has 1 aromatic heterocycles. The molecule has 0 aliphatic rings. The van der Waals surface area contributed by atoms with Crippen molar-refractivity contribution >= 4 is 17.5 Å². The van der Waals surface area contributed by atoms with Gasteiger partial charge in [-0.1, -0.05) is 26.2 Å². The Balaban J connectivity index is 2.42. The molecular formula is C9H15ClN4. The maximum atomic E-state index is 5.65. The SMILES string of the molecule is CCCCCCc1nc(N)nc(Cl)n1. The Labute approximate surface area is 88.9 Å². The first-order chi connectivity index (χ1) is 6.72. The van der Waals surface area contributed by atoms with Gasteiger partial charge in [0, 0.05) is 6.42 Å². The second-order valence-corrected chi connectivity index (χ2v) is 3.53. The van der Waals surface area contributed by atoms with Crippen LogP contribution in [-0.4, -0.2) is 15.0 Å². The average molecular weight is 215 g/mol. The normalized spacial score (nSPS) is 10.4. The van der Waals surface area contributed by atoms with Crippen LogP contribution in [0.1, 0.15) is 38.4 Å². The number of aryl methyl sites for hydroxylation is 1. The Hall–Kier alpha value is -0.900. The number of rotatable bonds is 5. The minimum Gasteiger partial charge on any atom is -0.368 e. The van der Waals surface area contributed by atoms with Gasteiger partial charge in [0.1, 0.15) is 5.82 Å². The van der Waals surface area contributed by atoms with Crippen LogP contribution in [-0.2, 0) is 6.42 Å². The van der Waals surface area contributed by atoms with Crippen LogP contribution in [0.25, 0.3) is 0 Å². The lowest BCUT2D eigenvalue weighted by Crippen LogP contribution is -2.03. The fourth-order valence-corrected chi connectivity index (χ4v) is 1.41. The molecule has 1 rings (SSSR count). The molecule has 14 heavy (non-hydrogen) atoms. The van der Waals surface area contributed by atoms with Crippen LogP contribution in [0.5, 0.6) is 0 Å². The molecule has 2 N–H and O–H groups in total. The lowest BCUT2D eigenvalue weighted by atomic mass is 10.1. The number of halogens is 1. The summed E-state index contributed by atoms with van der Waals surface area (Å²) in [5.74, 6) is 0.897. The topological polar surface area (TPSA) is 64.7 Å². The maximum Gasteiger partial charge on any atom is 0.227 e. The number of anilines is 1. The highest BCUT2D eigenvalue weighted by molar-refractivity contribution is 6.28. The van der Waals surface area contributed by atoms with Gasteiger partial charge in [0.15, 0.2) is 0 Å². The van der Waals surface area contributed by atoms with E-state index in [0.29, 0.717) is 5.82 Å². The highest BCUT2D eigenvalue weighted by Crippen LogP contribution is 2.07. The van der Waals surface area contributed by atoms with E-state index in [-0.39, 0.29) is 11.2 Å². The van der Waals surface area contributed by atoms with E-state index in [0.717, 1.165) is 12.8 Å². The van der Waals surface area contributed by atoms with Gasteiger partial charge in [0.2, 0.25) is 11.2 Å². The van der Waals surface area contributed by atoms with Gasteiger partial charge in [-0.25, -0.2) is 4.98 Å². The zero-order valence-corrected chi connectivity index (χ0v) is 9.09. The van der Waals surface area contributed by atoms with Gasteiger partial charge in [-0.3, -0.25) is 0 Å². The minimum atomic E-state index is 0.183. The molecule has 0 amide bonds. The fourth-order valence-electron chi connectivity index (χ4n) is 1.23. The largest absolute Gasteiger partial charge is 0.368 e. The van der Waals surface area contributed by atoms with Crippen LogP contribution < -0.4 is 5.73 Å². The summed E-state index contributed by atoms with van der Waals surface area (Å²) < 4.78 is 0. The summed E-state index contributed by atoms with van der Waals surface area (Å²) in [6, 6.07) is 0. The molecule has 5 heteroatoms. The number of unbranched alkanes of at least 4 members (excludes halogenated alkanes) is 3. The Kier molecular flexibility index (Phi) is 4.59. The number of nitrogens with zero attached hydrogens (tertiary/aromatic N) is 3. The molecular weight excluding hydrogens is 200 g/mol. The van der Waals surface area contributed by atoms with Crippen molar-refractivity contribution in [2.75, 3.05) is 5.73 Å². The van der Waals surface area contributed by atoms with Crippen LogP contribution in [0, 0.1) is 0 Å².